The molecule has 6 heteroatoms. The first-order chi connectivity index (χ1) is 8.99. The molecule has 1 aromatic rings. The monoisotopic (exact) mass is 266 g/mol. The van der Waals surface area contributed by atoms with Crippen LogP contribution in [0.3, 0.4) is 0 Å². The van der Waals surface area contributed by atoms with Crippen LogP contribution < -0.4 is 0 Å². The average Bonchev–Trinajstić information content (AvgIpc) is 2.67. The zero-order valence-corrected chi connectivity index (χ0v) is 11.9. The molecule has 0 radical (unpaired) electrons. The molecule has 19 heavy (non-hydrogen) atoms. The molecule has 0 fully saturated rings. The maximum absolute atomic E-state index is 11.3. The number of hydrogen-bond donors (Lipinski definition) is 1. The molecule has 106 valence electrons. The maximum atomic E-state index is 11.3. The molecule has 6 nitrogen and oxygen atoms in total. The molecule has 1 aromatic heterocycles. The van der Waals surface area contributed by atoms with Crippen molar-refractivity contribution in [2.45, 2.75) is 25.9 Å². The fourth-order valence-corrected chi connectivity index (χ4v) is 2.52. The minimum Gasteiger partial charge on any atom is -0.476 e. The van der Waals surface area contributed by atoms with Gasteiger partial charge in [-0.15, -0.1) is 0 Å². The highest BCUT2D eigenvalue weighted by atomic mass is 16.4. The first-order valence-electron chi connectivity index (χ1n) is 6.64. The van der Waals surface area contributed by atoms with Gasteiger partial charge in [-0.1, -0.05) is 0 Å². The van der Waals surface area contributed by atoms with Gasteiger partial charge >= 0.3 is 5.97 Å². The van der Waals surface area contributed by atoms with Crippen LogP contribution >= 0.6 is 0 Å². The topological polar surface area (TPSA) is 61.6 Å². The fourth-order valence-electron chi connectivity index (χ4n) is 2.52. The van der Waals surface area contributed by atoms with Gasteiger partial charge in [-0.25, -0.2) is 4.79 Å². The highest BCUT2D eigenvalue weighted by Crippen LogP contribution is 2.22. The Hall–Kier alpha value is -1.40. The second kappa shape index (κ2) is 5.71. The number of hydrogen-bond acceptors (Lipinski definition) is 4. The Bertz CT molecular complexity index is 467. The van der Waals surface area contributed by atoms with E-state index in [1.165, 1.54) is 0 Å². The summed E-state index contributed by atoms with van der Waals surface area (Å²) in [5.41, 5.74) is 2.23. The minimum absolute atomic E-state index is 0.228. The van der Waals surface area contributed by atoms with Gasteiger partial charge in [0.2, 0.25) is 0 Å². The van der Waals surface area contributed by atoms with Crippen molar-refractivity contribution < 1.29 is 9.90 Å². The lowest BCUT2D eigenvalue weighted by molar-refractivity contribution is 0.0687. The lowest BCUT2D eigenvalue weighted by atomic mass is 10.1. The summed E-state index contributed by atoms with van der Waals surface area (Å²) in [7, 11) is 6.09. The molecule has 0 spiro atoms. The number of aromatic nitrogens is 2. The quantitative estimate of drug-likeness (QED) is 0.842. The summed E-state index contributed by atoms with van der Waals surface area (Å²) in [5.74, 6) is -0.919. The first kappa shape index (κ1) is 14.0. The van der Waals surface area contributed by atoms with E-state index in [2.05, 4.69) is 14.9 Å². The molecule has 2 rings (SSSR count). The number of likely N-dealkylation sites (N-methyl/N-ethyl adjacent to an activating group) is 1. The predicted octanol–water partition coefficient (Wildman–Crippen LogP) is 0.521. The summed E-state index contributed by atoms with van der Waals surface area (Å²) in [6, 6.07) is 0. The molecule has 0 saturated heterocycles. The van der Waals surface area contributed by atoms with E-state index in [-0.39, 0.29) is 5.69 Å². The third-order valence-corrected chi connectivity index (χ3v) is 3.50. The van der Waals surface area contributed by atoms with E-state index in [1.807, 2.05) is 25.8 Å². The molecule has 1 N–H and O–H groups in total. The van der Waals surface area contributed by atoms with Gasteiger partial charge < -0.3 is 14.9 Å². The van der Waals surface area contributed by atoms with E-state index in [4.69, 9.17) is 0 Å². The van der Waals surface area contributed by atoms with E-state index in [1.54, 1.807) is 0 Å². The molecule has 0 saturated carbocycles. The van der Waals surface area contributed by atoms with Crippen molar-refractivity contribution in [2.24, 2.45) is 0 Å². The molecule has 0 amide bonds. The maximum Gasteiger partial charge on any atom is 0.356 e. The second-order valence-electron chi connectivity index (χ2n) is 5.45. The van der Waals surface area contributed by atoms with Gasteiger partial charge in [-0.2, -0.15) is 5.10 Å². The average molecular weight is 266 g/mol. The van der Waals surface area contributed by atoms with Crippen molar-refractivity contribution in [3.05, 3.63) is 17.0 Å². The SMILES string of the molecule is CN(C)CCCn1nc(C(=O)O)c2c1CCN(C)C2. The summed E-state index contributed by atoms with van der Waals surface area (Å²) < 4.78 is 1.90. The molecule has 1 aliphatic heterocycles. The molecule has 0 bridgehead atoms. The van der Waals surface area contributed by atoms with E-state index >= 15 is 0 Å². The van der Waals surface area contributed by atoms with Gasteiger partial charge in [0.25, 0.3) is 0 Å². The van der Waals surface area contributed by atoms with Crippen molar-refractivity contribution in [1.82, 2.24) is 19.6 Å². The Balaban J connectivity index is 2.20. The molecular weight excluding hydrogens is 244 g/mol. The number of carbonyl (C=O) groups is 1. The number of carboxylic acids is 1. The normalized spacial score (nSPS) is 15.8. The van der Waals surface area contributed by atoms with Crippen molar-refractivity contribution in [3.63, 3.8) is 0 Å². The van der Waals surface area contributed by atoms with Crippen LogP contribution in [0.5, 0.6) is 0 Å². The van der Waals surface area contributed by atoms with Gasteiger partial charge in [-0.05, 0) is 34.1 Å². The number of aromatic carboxylic acids is 1. The summed E-state index contributed by atoms with van der Waals surface area (Å²) in [6.07, 6.45) is 1.87. The summed E-state index contributed by atoms with van der Waals surface area (Å²) in [5, 5.41) is 13.5. The van der Waals surface area contributed by atoms with Gasteiger partial charge in [0.1, 0.15) is 0 Å². The van der Waals surface area contributed by atoms with Gasteiger partial charge in [0, 0.05) is 37.3 Å². The number of rotatable bonds is 5. The highest BCUT2D eigenvalue weighted by molar-refractivity contribution is 5.87. The Kier molecular flexibility index (Phi) is 4.21. The van der Waals surface area contributed by atoms with E-state index in [0.717, 1.165) is 43.7 Å². The number of fused-ring (bicyclic) bond motifs is 1. The van der Waals surface area contributed by atoms with E-state index in [0.29, 0.717) is 6.54 Å². The van der Waals surface area contributed by atoms with Crippen molar-refractivity contribution in [2.75, 3.05) is 34.2 Å². The largest absolute Gasteiger partial charge is 0.476 e. The van der Waals surface area contributed by atoms with Crippen LogP contribution in [0, 0.1) is 0 Å². The standard InChI is InChI=1S/C13H22N4O2/c1-15(2)6-4-7-17-11-5-8-16(3)9-10(11)12(14-17)13(18)19/h4-9H2,1-3H3,(H,18,19). The van der Waals surface area contributed by atoms with Crippen LogP contribution in [-0.4, -0.2) is 64.9 Å². The number of aryl methyl sites for hydroxylation is 1. The Morgan fingerprint density at radius 1 is 1.47 bits per heavy atom. The lowest BCUT2D eigenvalue weighted by Crippen LogP contribution is -2.28. The zero-order chi connectivity index (χ0) is 14.0. The first-order valence-corrected chi connectivity index (χ1v) is 6.64. The third-order valence-electron chi connectivity index (χ3n) is 3.50. The Morgan fingerprint density at radius 3 is 2.84 bits per heavy atom. The molecule has 1 aliphatic rings. The summed E-state index contributed by atoms with van der Waals surface area (Å²) >= 11 is 0. The molecule has 0 aliphatic carbocycles. The number of nitrogens with zero attached hydrogens (tertiary/aromatic N) is 4. The molecular formula is C13H22N4O2. The lowest BCUT2D eigenvalue weighted by Gasteiger charge is -2.23. The van der Waals surface area contributed by atoms with Gasteiger partial charge in [0.15, 0.2) is 5.69 Å². The van der Waals surface area contributed by atoms with Gasteiger partial charge in [0.05, 0.1) is 0 Å². The molecule has 0 aromatic carbocycles. The van der Waals surface area contributed by atoms with Crippen LogP contribution in [0.2, 0.25) is 0 Å². The van der Waals surface area contributed by atoms with Crippen LogP contribution in [0.25, 0.3) is 0 Å². The van der Waals surface area contributed by atoms with Crippen molar-refractivity contribution in [1.29, 1.82) is 0 Å². The Labute approximate surface area is 113 Å². The smallest absolute Gasteiger partial charge is 0.356 e. The fraction of sp³-hybridized carbons (Fsp3) is 0.692. The van der Waals surface area contributed by atoms with Crippen molar-refractivity contribution in [3.8, 4) is 0 Å². The van der Waals surface area contributed by atoms with Crippen LogP contribution in [0.4, 0.5) is 0 Å². The number of carboxylic acid groups (broad SMARTS) is 1. The van der Waals surface area contributed by atoms with E-state index in [9.17, 15) is 9.90 Å². The van der Waals surface area contributed by atoms with Crippen LogP contribution in [-0.2, 0) is 19.5 Å². The van der Waals surface area contributed by atoms with Crippen LogP contribution in [0.15, 0.2) is 0 Å². The second-order valence-corrected chi connectivity index (χ2v) is 5.45. The Morgan fingerprint density at radius 2 is 2.21 bits per heavy atom. The molecule has 2 heterocycles. The van der Waals surface area contributed by atoms with Crippen LogP contribution in [0.1, 0.15) is 28.2 Å². The molecule has 0 unspecified atom stereocenters. The summed E-state index contributed by atoms with van der Waals surface area (Å²) in [6.45, 7) is 3.42. The minimum atomic E-state index is -0.919. The predicted molar refractivity (Wildman–Crippen MR) is 72.4 cm³/mol. The third kappa shape index (κ3) is 3.13. The molecule has 0 atom stereocenters. The highest BCUT2D eigenvalue weighted by Gasteiger charge is 2.26. The van der Waals surface area contributed by atoms with E-state index < -0.39 is 5.97 Å². The summed E-state index contributed by atoms with van der Waals surface area (Å²) in [4.78, 5) is 15.5. The zero-order valence-electron chi connectivity index (χ0n) is 11.9. The van der Waals surface area contributed by atoms with Gasteiger partial charge in [-0.3, -0.25) is 4.68 Å². The van der Waals surface area contributed by atoms with Crippen molar-refractivity contribution >= 4 is 5.97 Å².